The average Bonchev–Trinajstić information content (AvgIpc) is 3.00. The molecule has 1 aliphatic carbocycles. The highest BCUT2D eigenvalue weighted by Crippen LogP contribution is 2.36. The molecule has 0 radical (unpaired) electrons. The zero-order valence-corrected chi connectivity index (χ0v) is 13.9. The van der Waals surface area contributed by atoms with Crippen LogP contribution in [0.15, 0.2) is 23.0 Å². The van der Waals surface area contributed by atoms with Gasteiger partial charge in [-0.3, -0.25) is 4.79 Å². The molecule has 0 atom stereocenters. The fourth-order valence-electron chi connectivity index (χ4n) is 3.49. The van der Waals surface area contributed by atoms with Crippen molar-refractivity contribution in [2.45, 2.75) is 25.7 Å². The lowest BCUT2D eigenvalue weighted by molar-refractivity contribution is 0.171. The minimum atomic E-state index is -0.0377. The van der Waals surface area contributed by atoms with Gasteiger partial charge in [-0.1, -0.05) is 0 Å². The molecule has 0 saturated heterocycles. The Hall–Kier alpha value is -2.34. The number of aromatic nitrogens is 2. The zero-order valence-electron chi connectivity index (χ0n) is 13.1. The van der Waals surface area contributed by atoms with Crippen LogP contribution in [0.4, 0.5) is 0 Å². The number of fused-ring (bicyclic) bond motifs is 4. The van der Waals surface area contributed by atoms with Crippen LogP contribution >= 0.6 is 11.3 Å². The summed E-state index contributed by atoms with van der Waals surface area (Å²) >= 11 is 1.66. The summed E-state index contributed by atoms with van der Waals surface area (Å²) in [4.78, 5) is 22.5. The molecule has 0 unspecified atom stereocenters. The van der Waals surface area contributed by atoms with Crippen LogP contribution < -0.4 is 15.0 Å². The molecule has 1 aliphatic heterocycles. The zero-order chi connectivity index (χ0) is 16.1. The maximum atomic E-state index is 12.6. The second-order valence-corrected chi connectivity index (χ2v) is 7.25. The van der Waals surface area contributed by atoms with E-state index < -0.39 is 0 Å². The predicted octanol–water partition coefficient (Wildman–Crippen LogP) is 3.30. The Labute approximate surface area is 142 Å². The van der Waals surface area contributed by atoms with Gasteiger partial charge in [0.2, 0.25) is 0 Å². The van der Waals surface area contributed by atoms with Gasteiger partial charge in [-0.15, -0.1) is 11.3 Å². The van der Waals surface area contributed by atoms with Crippen LogP contribution in [0.3, 0.4) is 0 Å². The average molecular weight is 340 g/mol. The maximum absolute atomic E-state index is 12.6. The highest BCUT2D eigenvalue weighted by molar-refractivity contribution is 7.18. The van der Waals surface area contributed by atoms with E-state index in [9.17, 15) is 4.79 Å². The first-order valence-electron chi connectivity index (χ1n) is 8.24. The number of rotatable bonds is 1. The highest BCUT2D eigenvalue weighted by atomic mass is 32.1. The van der Waals surface area contributed by atoms with Gasteiger partial charge in [0.15, 0.2) is 11.5 Å². The number of ether oxygens (including phenoxy) is 2. The molecule has 2 aromatic heterocycles. The van der Waals surface area contributed by atoms with Gasteiger partial charge in [0.25, 0.3) is 5.56 Å². The molecule has 5 nitrogen and oxygen atoms in total. The van der Waals surface area contributed by atoms with Crippen LogP contribution in [-0.2, 0) is 12.8 Å². The molecule has 24 heavy (non-hydrogen) atoms. The molecule has 1 aromatic carbocycles. The molecule has 3 heterocycles. The number of benzene rings is 1. The van der Waals surface area contributed by atoms with Crippen molar-refractivity contribution < 1.29 is 9.47 Å². The fourth-order valence-corrected chi connectivity index (χ4v) is 4.75. The SMILES string of the molecule is O=c1[nH]c(-c2ccc3c(c2)OCCO3)nc2sc3c(c12)CCCC3. The van der Waals surface area contributed by atoms with Gasteiger partial charge >= 0.3 is 0 Å². The molecular formula is C18H16N2O3S. The van der Waals surface area contributed by atoms with Crippen molar-refractivity contribution in [3.8, 4) is 22.9 Å². The van der Waals surface area contributed by atoms with Crippen molar-refractivity contribution in [2.75, 3.05) is 13.2 Å². The van der Waals surface area contributed by atoms with Gasteiger partial charge in [0.1, 0.15) is 23.9 Å². The Morgan fingerprint density at radius 3 is 2.83 bits per heavy atom. The van der Waals surface area contributed by atoms with Crippen molar-refractivity contribution in [2.24, 2.45) is 0 Å². The molecule has 0 fully saturated rings. The van der Waals surface area contributed by atoms with E-state index in [4.69, 9.17) is 14.5 Å². The number of hydrogen-bond donors (Lipinski definition) is 1. The van der Waals surface area contributed by atoms with Crippen molar-refractivity contribution in [3.05, 3.63) is 39.0 Å². The summed E-state index contributed by atoms with van der Waals surface area (Å²) in [6, 6.07) is 5.66. The number of nitrogens with zero attached hydrogens (tertiary/aromatic N) is 1. The molecule has 0 saturated carbocycles. The maximum Gasteiger partial charge on any atom is 0.260 e. The van der Waals surface area contributed by atoms with Gasteiger partial charge in [-0.05, 0) is 49.4 Å². The first-order valence-corrected chi connectivity index (χ1v) is 9.06. The number of H-pyrrole nitrogens is 1. The summed E-state index contributed by atoms with van der Waals surface area (Å²) in [6.45, 7) is 1.10. The number of thiophene rings is 1. The normalized spacial score (nSPS) is 16.2. The largest absolute Gasteiger partial charge is 0.486 e. The monoisotopic (exact) mass is 340 g/mol. The third kappa shape index (κ3) is 2.13. The van der Waals surface area contributed by atoms with Crippen LogP contribution in [0.2, 0.25) is 0 Å². The smallest absolute Gasteiger partial charge is 0.260 e. The predicted molar refractivity (Wildman–Crippen MR) is 93.3 cm³/mol. The van der Waals surface area contributed by atoms with Crippen LogP contribution in [0.1, 0.15) is 23.3 Å². The Balaban J connectivity index is 1.66. The highest BCUT2D eigenvalue weighted by Gasteiger charge is 2.20. The van der Waals surface area contributed by atoms with Gasteiger partial charge in [0, 0.05) is 10.4 Å². The fraction of sp³-hybridized carbons (Fsp3) is 0.333. The van der Waals surface area contributed by atoms with Crippen molar-refractivity contribution in [3.63, 3.8) is 0 Å². The summed E-state index contributed by atoms with van der Waals surface area (Å²) < 4.78 is 11.2. The van der Waals surface area contributed by atoms with E-state index in [0.717, 1.165) is 40.8 Å². The molecule has 2 aliphatic rings. The van der Waals surface area contributed by atoms with E-state index in [1.165, 1.54) is 16.9 Å². The number of nitrogens with one attached hydrogen (secondary N) is 1. The second-order valence-electron chi connectivity index (χ2n) is 6.16. The summed E-state index contributed by atoms with van der Waals surface area (Å²) in [7, 11) is 0. The van der Waals surface area contributed by atoms with Gasteiger partial charge < -0.3 is 14.5 Å². The lowest BCUT2D eigenvalue weighted by atomic mass is 9.97. The van der Waals surface area contributed by atoms with Gasteiger partial charge in [-0.2, -0.15) is 0 Å². The standard InChI is InChI=1S/C18H16N2O3S/c21-17-15-11-3-1-2-4-14(11)24-18(15)20-16(19-17)10-5-6-12-13(9-10)23-8-7-22-12/h5-6,9H,1-4,7-8H2,(H,19,20,21). The number of aromatic amines is 1. The van der Waals surface area contributed by atoms with E-state index in [1.807, 2.05) is 18.2 Å². The van der Waals surface area contributed by atoms with Crippen molar-refractivity contribution in [1.82, 2.24) is 9.97 Å². The first-order chi connectivity index (χ1) is 11.8. The third-order valence-corrected chi connectivity index (χ3v) is 5.83. The van der Waals surface area contributed by atoms with E-state index in [2.05, 4.69) is 4.98 Å². The van der Waals surface area contributed by atoms with E-state index in [0.29, 0.717) is 24.8 Å². The molecule has 0 amide bonds. The second kappa shape index (κ2) is 5.34. The van der Waals surface area contributed by atoms with E-state index >= 15 is 0 Å². The topological polar surface area (TPSA) is 64.2 Å². The third-order valence-electron chi connectivity index (χ3n) is 4.64. The molecule has 5 rings (SSSR count). The van der Waals surface area contributed by atoms with Crippen LogP contribution in [-0.4, -0.2) is 23.2 Å². The van der Waals surface area contributed by atoms with Crippen LogP contribution in [0.25, 0.3) is 21.6 Å². The minimum absolute atomic E-state index is 0.0377. The van der Waals surface area contributed by atoms with Crippen LogP contribution in [0, 0.1) is 0 Å². The Kier molecular flexibility index (Phi) is 3.13. The van der Waals surface area contributed by atoms with Gasteiger partial charge in [-0.25, -0.2) is 4.98 Å². The van der Waals surface area contributed by atoms with E-state index in [1.54, 1.807) is 11.3 Å². The molecule has 3 aromatic rings. The van der Waals surface area contributed by atoms with Crippen molar-refractivity contribution in [1.29, 1.82) is 0 Å². The lowest BCUT2D eigenvalue weighted by Crippen LogP contribution is -2.15. The molecule has 1 N–H and O–H groups in total. The molecule has 6 heteroatoms. The Morgan fingerprint density at radius 1 is 1.08 bits per heavy atom. The summed E-state index contributed by atoms with van der Waals surface area (Å²) in [5.74, 6) is 2.02. The van der Waals surface area contributed by atoms with Crippen LogP contribution in [0.5, 0.6) is 11.5 Å². The summed E-state index contributed by atoms with van der Waals surface area (Å²) in [5, 5.41) is 0.788. The molecule has 0 bridgehead atoms. The summed E-state index contributed by atoms with van der Waals surface area (Å²) in [6.07, 6.45) is 4.41. The molecule has 122 valence electrons. The Bertz CT molecular complexity index is 1010. The van der Waals surface area contributed by atoms with Gasteiger partial charge in [0.05, 0.1) is 5.39 Å². The lowest BCUT2D eigenvalue weighted by Gasteiger charge is -2.18. The Morgan fingerprint density at radius 2 is 1.92 bits per heavy atom. The molecular weight excluding hydrogens is 324 g/mol. The number of hydrogen-bond acceptors (Lipinski definition) is 5. The van der Waals surface area contributed by atoms with Crippen molar-refractivity contribution >= 4 is 21.6 Å². The summed E-state index contributed by atoms with van der Waals surface area (Å²) in [5.41, 5.74) is 2.01. The number of aryl methyl sites for hydroxylation is 2. The quantitative estimate of drug-likeness (QED) is 0.738. The molecule has 0 spiro atoms. The van der Waals surface area contributed by atoms with E-state index in [-0.39, 0.29) is 5.56 Å². The first kappa shape index (κ1) is 14.0. The minimum Gasteiger partial charge on any atom is -0.486 e.